The van der Waals surface area contributed by atoms with Crippen LogP contribution in [0.15, 0.2) is 30.3 Å². The zero-order valence-corrected chi connectivity index (χ0v) is 14.1. The van der Waals surface area contributed by atoms with E-state index in [0.717, 1.165) is 5.56 Å². The van der Waals surface area contributed by atoms with Gasteiger partial charge in [-0.15, -0.1) is 11.6 Å². The number of alkyl halides is 2. The molecule has 19 heavy (non-hydrogen) atoms. The van der Waals surface area contributed by atoms with Crippen LogP contribution in [0.3, 0.4) is 0 Å². The zero-order chi connectivity index (χ0) is 14.6. The van der Waals surface area contributed by atoms with Crippen molar-refractivity contribution in [2.45, 2.75) is 50.0 Å². The lowest BCUT2D eigenvalue weighted by molar-refractivity contribution is -0.134. The number of benzene rings is 1. The van der Waals surface area contributed by atoms with Crippen LogP contribution in [0.5, 0.6) is 0 Å². The normalized spacial score (nSPS) is 14.5. The second-order valence-electron chi connectivity index (χ2n) is 5.15. The van der Waals surface area contributed by atoms with Gasteiger partial charge in [0.25, 0.3) is 0 Å². The minimum atomic E-state index is -0.604. The first kappa shape index (κ1) is 16.5. The van der Waals surface area contributed by atoms with Crippen LogP contribution in [0, 0.1) is 0 Å². The van der Waals surface area contributed by atoms with Crippen molar-refractivity contribution in [2.24, 2.45) is 0 Å². The smallest absolute Gasteiger partial charge is 0.242 e. The first-order chi connectivity index (χ1) is 8.86. The minimum Gasteiger partial charge on any atom is -0.337 e. The van der Waals surface area contributed by atoms with E-state index in [1.807, 2.05) is 62.9 Å². The van der Waals surface area contributed by atoms with E-state index < -0.39 is 5.38 Å². The molecule has 0 fully saturated rings. The predicted molar refractivity (Wildman–Crippen MR) is 84.9 cm³/mol. The SMILES string of the molecule is CC(C)N(C(=O)[C@@H](Cl)[C@H](Br)c1ccccc1)C(C)C. The molecule has 2 atom stereocenters. The van der Waals surface area contributed by atoms with Gasteiger partial charge in [0, 0.05) is 12.1 Å². The van der Waals surface area contributed by atoms with Crippen molar-refractivity contribution in [3.05, 3.63) is 35.9 Å². The van der Waals surface area contributed by atoms with Crippen LogP contribution in [-0.4, -0.2) is 28.3 Å². The van der Waals surface area contributed by atoms with E-state index in [2.05, 4.69) is 15.9 Å². The molecule has 0 spiro atoms. The molecular formula is C15H21BrClNO. The summed E-state index contributed by atoms with van der Waals surface area (Å²) in [5.74, 6) is -0.0302. The topological polar surface area (TPSA) is 20.3 Å². The fourth-order valence-electron chi connectivity index (χ4n) is 2.18. The summed E-state index contributed by atoms with van der Waals surface area (Å²) in [5, 5.41) is -0.604. The van der Waals surface area contributed by atoms with E-state index in [1.165, 1.54) is 0 Å². The Bertz CT molecular complexity index is 400. The second-order valence-corrected chi connectivity index (χ2v) is 6.60. The van der Waals surface area contributed by atoms with E-state index >= 15 is 0 Å². The lowest BCUT2D eigenvalue weighted by Gasteiger charge is -2.33. The van der Waals surface area contributed by atoms with Gasteiger partial charge >= 0.3 is 0 Å². The summed E-state index contributed by atoms with van der Waals surface area (Å²) in [7, 11) is 0. The molecule has 0 aliphatic heterocycles. The van der Waals surface area contributed by atoms with Crippen molar-refractivity contribution in [2.75, 3.05) is 0 Å². The van der Waals surface area contributed by atoms with Crippen molar-refractivity contribution < 1.29 is 4.79 Å². The zero-order valence-electron chi connectivity index (χ0n) is 11.8. The molecule has 1 aromatic carbocycles. The monoisotopic (exact) mass is 345 g/mol. The highest BCUT2D eigenvalue weighted by Gasteiger charge is 2.31. The maximum Gasteiger partial charge on any atom is 0.242 e. The van der Waals surface area contributed by atoms with Gasteiger partial charge < -0.3 is 4.90 Å². The van der Waals surface area contributed by atoms with Crippen molar-refractivity contribution in [3.8, 4) is 0 Å². The van der Waals surface area contributed by atoms with Gasteiger partial charge in [0.05, 0.1) is 4.83 Å². The van der Waals surface area contributed by atoms with Crippen molar-refractivity contribution >= 4 is 33.4 Å². The third kappa shape index (κ3) is 4.22. The van der Waals surface area contributed by atoms with Gasteiger partial charge in [0.2, 0.25) is 5.91 Å². The Balaban J connectivity index is 2.87. The molecule has 0 bridgehead atoms. The average Bonchev–Trinajstić information content (AvgIpc) is 2.37. The van der Waals surface area contributed by atoms with Crippen molar-refractivity contribution in [1.29, 1.82) is 0 Å². The third-order valence-electron chi connectivity index (χ3n) is 2.98. The molecule has 0 aliphatic rings. The molecule has 0 heterocycles. The molecular weight excluding hydrogens is 326 g/mol. The van der Waals surface area contributed by atoms with Crippen LogP contribution >= 0.6 is 27.5 Å². The molecule has 2 nitrogen and oxygen atoms in total. The highest BCUT2D eigenvalue weighted by molar-refractivity contribution is 9.09. The van der Waals surface area contributed by atoms with Gasteiger partial charge in [0.1, 0.15) is 5.38 Å². The summed E-state index contributed by atoms with van der Waals surface area (Å²) in [6.07, 6.45) is 0. The Morgan fingerprint density at radius 1 is 1.11 bits per heavy atom. The average molecular weight is 347 g/mol. The summed E-state index contributed by atoms with van der Waals surface area (Å²) in [5.41, 5.74) is 1.02. The Morgan fingerprint density at radius 3 is 2.00 bits per heavy atom. The van der Waals surface area contributed by atoms with Gasteiger partial charge in [-0.05, 0) is 33.3 Å². The molecule has 1 amide bonds. The Labute approximate surface area is 129 Å². The molecule has 0 saturated carbocycles. The fraction of sp³-hybridized carbons (Fsp3) is 0.533. The Kier molecular flexibility index (Phi) is 6.34. The number of nitrogens with zero attached hydrogens (tertiary/aromatic N) is 1. The van der Waals surface area contributed by atoms with Gasteiger partial charge in [0.15, 0.2) is 0 Å². The number of carbonyl (C=O) groups excluding carboxylic acids is 1. The predicted octanol–water partition coefficient (Wildman–Crippen LogP) is 4.38. The second kappa shape index (κ2) is 7.30. The number of halogens is 2. The van der Waals surface area contributed by atoms with Gasteiger partial charge in [-0.1, -0.05) is 46.3 Å². The summed E-state index contributed by atoms with van der Waals surface area (Å²) < 4.78 is 0. The Morgan fingerprint density at radius 2 is 1.58 bits per heavy atom. The third-order valence-corrected chi connectivity index (χ3v) is 4.78. The summed E-state index contributed by atoms with van der Waals surface area (Å²) in [4.78, 5) is 14.2. The number of carbonyl (C=O) groups is 1. The number of rotatable bonds is 5. The van der Waals surface area contributed by atoms with E-state index in [1.54, 1.807) is 0 Å². The number of hydrogen-bond donors (Lipinski definition) is 0. The summed E-state index contributed by atoms with van der Waals surface area (Å²) >= 11 is 9.90. The molecule has 0 radical (unpaired) electrons. The largest absolute Gasteiger partial charge is 0.337 e. The molecule has 0 N–H and O–H groups in total. The molecule has 0 unspecified atom stereocenters. The van der Waals surface area contributed by atoms with Crippen LogP contribution in [0.25, 0.3) is 0 Å². The molecule has 0 saturated heterocycles. The summed E-state index contributed by atoms with van der Waals surface area (Å²) in [6, 6.07) is 10.1. The number of amides is 1. The van der Waals surface area contributed by atoms with E-state index in [9.17, 15) is 4.79 Å². The standard InChI is InChI=1S/C15H21BrClNO/c1-10(2)18(11(3)4)15(19)14(17)13(16)12-8-6-5-7-9-12/h5-11,13-14H,1-4H3/t13-,14+/m1/s1. The Hall–Kier alpha value is -0.540. The van der Waals surface area contributed by atoms with E-state index in [0.29, 0.717) is 0 Å². The van der Waals surface area contributed by atoms with Crippen LogP contribution in [0.1, 0.15) is 38.1 Å². The fourth-order valence-corrected chi connectivity index (χ4v) is 2.97. The van der Waals surface area contributed by atoms with Gasteiger partial charge in [-0.3, -0.25) is 4.79 Å². The highest BCUT2D eigenvalue weighted by Crippen LogP contribution is 2.31. The molecule has 4 heteroatoms. The van der Waals surface area contributed by atoms with Gasteiger partial charge in [-0.2, -0.15) is 0 Å². The molecule has 1 aromatic rings. The minimum absolute atomic E-state index is 0.0302. The van der Waals surface area contributed by atoms with Crippen LogP contribution in [-0.2, 0) is 4.79 Å². The van der Waals surface area contributed by atoms with E-state index in [4.69, 9.17) is 11.6 Å². The maximum atomic E-state index is 12.5. The van der Waals surface area contributed by atoms with Crippen molar-refractivity contribution in [3.63, 3.8) is 0 Å². The summed E-state index contributed by atoms with van der Waals surface area (Å²) in [6.45, 7) is 8.03. The highest BCUT2D eigenvalue weighted by atomic mass is 79.9. The van der Waals surface area contributed by atoms with Crippen LogP contribution in [0.2, 0.25) is 0 Å². The molecule has 106 valence electrons. The molecule has 0 aliphatic carbocycles. The van der Waals surface area contributed by atoms with E-state index in [-0.39, 0.29) is 22.8 Å². The quantitative estimate of drug-likeness (QED) is 0.725. The lowest BCUT2D eigenvalue weighted by Crippen LogP contribution is -2.46. The van der Waals surface area contributed by atoms with Crippen LogP contribution in [0.4, 0.5) is 0 Å². The molecule has 0 aromatic heterocycles. The maximum absolute atomic E-state index is 12.5. The van der Waals surface area contributed by atoms with Crippen LogP contribution < -0.4 is 0 Å². The lowest BCUT2D eigenvalue weighted by atomic mass is 10.1. The molecule has 1 rings (SSSR count). The van der Waals surface area contributed by atoms with Gasteiger partial charge in [-0.25, -0.2) is 0 Å². The number of hydrogen-bond acceptors (Lipinski definition) is 1. The van der Waals surface area contributed by atoms with Crippen molar-refractivity contribution in [1.82, 2.24) is 4.90 Å². The first-order valence-electron chi connectivity index (χ1n) is 6.51. The first-order valence-corrected chi connectivity index (χ1v) is 7.86.